The summed E-state index contributed by atoms with van der Waals surface area (Å²) in [6.07, 6.45) is 2.43. The number of hydrogen-bond acceptors (Lipinski definition) is 3. The molecule has 104 valence electrons. The fraction of sp³-hybridized carbons (Fsp3) is 0.214. The van der Waals surface area contributed by atoms with E-state index in [1.54, 1.807) is 6.07 Å². The number of hydrogen-bond donors (Lipinski definition) is 2. The molecule has 0 aliphatic heterocycles. The maximum Gasteiger partial charge on any atom is 0.173 e. The average Bonchev–Trinajstić information content (AvgIpc) is 2.41. The molecular weight excluding hydrogens is 292 g/mol. The molecule has 0 bridgehead atoms. The third-order valence-corrected chi connectivity index (χ3v) is 3.24. The van der Waals surface area contributed by atoms with Gasteiger partial charge in [-0.2, -0.15) is 5.10 Å². The van der Waals surface area contributed by atoms with Crippen LogP contribution in [0.25, 0.3) is 0 Å². The molecule has 0 aliphatic carbocycles. The van der Waals surface area contributed by atoms with Crippen LogP contribution in [0, 0.1) is 6.92 Å². The van der Waals surface area contributed by atoms with E-state index in [-0.39, 0.29) is 0 Å². The van der Waals surface area contributed by atoms with Crippen LogP contribution in [0.5, 0.6) is 0 Å². The van der Waals surface area contributed by atoms with Gasteiger partial charge in [-0.05, 0) is 37.2 Å². The second-order valence-electron chi connectivity index (χ2n) is 4.35. The fourth-order valence-electron chi connectivity index (χ4n) is 1.74. The predicted octanol–water partition coefficient (Wildman–Crippen LogP) is 2.97. The number of halogens is 1. The predicted molar refractivity (Wildman–Crippen MR) is 86.1 cm³/mol. The standard InChI is InChI=1S/C14H15ClN4S/c1-10-3-2-4-11(9-10)5-7-16-14(20)18-13-12(15)6-8-17-19-13/h2-4,6,8-9H,5,7H2,1H3,(H2,16,18,19,20). The average molecular weight is 307 g/mol. The first kappa shape index (κ1) is 14.7. The van der Waals surface area contributed by atoms with Crippen molar-refractivity contribution in [2.24, 2.45) is 0 Å². The number of benzene rings is 1. The minimum absolute atomic E-state index is 0.460. The monoisotopic (exact) mass is 306 g/mol. The van der Waals surface area contributed by atoms with Crippen LogP contribution in [0.1, 0.15) is 11.1 Å². The van der Waals surface area contributed by atoms with Gasteiger partial charge in [-0.3, -0.25) is 0 Å². The van der Waals surface area contributed by atoms with Gasteiger partial charge in [0.1, 0.15) is 0 Å². The minimum Gasteiger partial charge on any atom is -0.362 e. The van der Waals surface area contributed by atoms with Crippen LogP contribution in [0.4, 0.5) is 5.82 Å². The topological polar surface area (TPSA) is 49.8 Å². The molecule has 4 nitrogen and oxygen atoms in total. The summed E-state index contributed by atoms with van der Waals surface area (Å²) in [5.74, 6) is 0.460. The molecule has 20 heavy (non-hydrogen) atoms. The zero-order valence-corrected chi connectivity index (χ0v) is 12.6. The highest BCUT2D eigenvalue weighted by Gasteiger charge is 2.03. The van der Waals surface area contributed by atoms with E-state index >= 15 is 0 Å². The van der Waals surface area contributed by atoms with Crippen LogP contribution in [0.2, 0.25) is 5.02 Å². The van der Waals surface area contributed by atoms with Gasteiger partial charge in [0.05, 0.1) is 11.2 Å². The fourth-order valence-corrected chi connectivity index (χ4v) is 2.08. The molecule has 1 heterocycles. The number of aryl methyl sites for hydroxylation is 1. The summed E-state index contributed by atoms with van der Waals surface area (Å²) < 4.78 is 0. The van der Waals surface area contributed by atoms with Crippen molar-refractivity contribution >= 4 is 34.7 Å². The third-order valence-electron chi connectivity index (χ3n) is 2.69. The van der Waals surface area contributed by atoms with Crippen LogP contribution in [-0.2, 0) is 6.42 Å². The lowest BCUT2D eigenvalue weighted by Crippen LogP contribution is -2.30. The minimum atomic E-state index is 0.460. The number of thiocarbonyl (C=S) groups is 1. The highest BCUT2D eigenvalue weighted by molar-refractivity contribution is 7.80. The van der Waals surface area contributed by atoms with E-state index in [1.165, 1.54) is 17.3 Å². The second kappa shape index (κ2) is 7.17. The molecule has 1 aromatic carbocycles. The van der Waals surface area contributed by atoms with Crippen molar-refractivity contribution in [2.75, 3.05) is 11.9 Å². The van der Waals surface area contributed by atoms with Gasteiger partial charge in [-0.1, -0.05) is 41.4 Å². The lowest BCUT2D eigenvalue weighted by molar-refractivity contribution is 0.871. The summed E-state index contributed by atoms with van der Waals surface area (Å²) >= 11 is 11.2. The van der Waals surface area contributed by atoms with E-state index in [0.717, 1.165) is 13.0 Å². The van der Waals surface area contributed by atoms with Gasteiger partial charge in [0.15, 0.2) is 10.9 Å². The normalized spacial score (nSPS) is 10.1. The van der Waals surface area contributed by atoms with Gasteiger partial charge in [0.25, 0.3) is 0 Å². The van der Waals surface area contributed by atoms with Crippen molar-refractivity contribution < 1.29 is 0 Å². The Kier molecular flexibility index (Phi) is 5.26. The Morgan fingerprint density at radius 2 is 2.20 bits per heavy atom. The van der Waals surface area contributed by atoms with E-state index in [2.05, 4.69) is 52.0 Å². The van der Waals surface area contributed by atoms with Gasteiger partial charge in [0, 0.05) is 6.54 Å². The van der Waals surface area contributed by atoms with E-state index in [0.29, 0.717) is 16.0 Å². The quantitative estimate of drug-likeness (QED) is 0.851. The molecule has 2 aromatic rings. The molecule has 0 saturated heterocycles. The Balaban J connectivity index is 1.80. The van der Waals surface area contributed by atoms with E-state index in [4.69, 9.17) is 23.8 Å². The Morgan fingerprint density at radius 3 is 2.95 bits per heavy atom. The van der Waals surface area contributed by atoms with E-state index in [9.17, 15) is 0 Å². The molecule has 0 spiro atoms. The first-order valence-corrected chi connectivity index (χ1v) is 7.01. The number of anilines is 1. The summed E-state index contributed by atoms with van der Waals surface area (Å²) in [4.78, 5) is 0. The number of rotatable bonds is 4. The summed E-state index contributed by atoms with van der Waals surface area (Å²) in [5.41, 5.74) is 2.53. The van der Waals surface area contributed by atoms with Gasteiger partial charge < -0.3 is 10.6 Å². The van der Waals surface area contributed by atoms with Gasteiger partial charge in [-0.25, -0.2) is 0 Å². The Labute approximate surface area is 128 Å². The van der Waals surface area contributed by atoms with Gasteiger partial charge in [0.2, 0.25) is 0 Å². The molecular formula is C14H15ClN4S. The van der Waals surface area contributed by atoms with Crippen molar-refractivity contribution in [2.45, 2.75) is 13.3 Å². The highest BCUT2D eigenvalue weighted by atomic mass is 35.5. The molecule has 0 radical (unpaired) electrons. The van der Waals surface area contributed by atoms with E-state index in [1.807, 2.05) is 0 Å². The Morgan fingerprint density at radius 1 is 1.35 bits per heavy atom. The molecule has 0 aliphatic rings. The maximum atomic E-state index is 5.96. The van der Waals surface area contributed by atoms with Crippen LogP contribution in [-0.4, -0.2) is 21.9 Å². The van der Waals surface area contributed by atoms with Crippen molar-refractivity contribution in [1.29, 1.82) is 0 Å². The van der Waals surface area contributed by atoms with Crippen LogP contribution >= 0.6 is 23.8 Å². The summed E-state index contributed by atoms with van der Waals surface area (Å²) in [6, 6.07) is 10.1. The van der Waals surface area contributed by atoms with Crippen molar-refractivity contribution in [1.82, 2.24) is 15.5 Å². The van der Waals surface area contributed by atoms with Gasteiger partial charge in [-0.15, -0.1) is 5.10 Å². The first-order valence-electron chi connectivity index (χ1n) is 6.23. The van der Waals surface area contributed by atoms with E-state index < -0.39 is 0 Å². The summed E-state index contributed by atoms with van der Waals surface area (Å²) in [7, 11) is 0. The third kappa shape index (κ3) is 4.43. The van der Waals surface area contributed by atoms with Crippen molar-refractivity contribution in [3.05, 3.63) is 52.7 Å². The lowest BCUT2D eigenvalue weighted by Gasteiger charge is -2.10. The molecule has 2 N–H and O–H groups in total. The maximum absolute atomic E-state index is 5.96. The van der Waals surface area contributed by atoms with Crippen molar-refractivity contribution in [3.63, 3.8) is 0 Å². The number of nitrogens with one attached hydrogen (secondary N) is 2. The Bertz CT molecular complexity index is 603. The molecule has 0 fully saturated rings. The SMILES string of the molecule is Cc1cccc(CCNC(=S)Nc2nnccc2Cl)c1. The van der Waals surface area contributed by atoms with Gasteiger partial charge >= 0.3 is 0 Å². The zero-order chi connectivity index (χ0) is 14.4. The smallest absolute Gasteiger partial charge is 0.173 e. The molecule has 0 atom stereocenters. The molecule has 0 saturated carbocycles. The Hall–Kier alpha value is -1.72. The number of nitrogens with zero attached hydrogens (tertiary/aromatic N) is 2. The molecule has 0 amide bonds. The molecule has 1 aromatic heterocycles. The molecule has 0 unspecified atom stereocenters. The lowest BCUT2D eigenvalue weighted by atomic mass is 10.1. The van der Waals surface area contributed by atoms with Crippen LogP contribution < -0.4 is 10.6 Å². The summed E-state index contributed by atoms with van der Waals surface area (Å²) in [6.45, 7) is 2.83. The molecule has 2 rings (SSSR count). The molecule has 6 heteroatoms. The van der Waals surface area contributed by atoms with Crippen molar-refractivity contribution in [3.8, 4) is 0 Å². The zero-order valence-electron chi connectivity index (χ0n) is 11.1. The second-order valence-corrected chi connectivity index (χ2v) is 5.16. The largest absolute Gasteiger partial charge is 0.362 e. The summed E-state index contributed by atoms with van der Waals surface area (Å²) in [5, 5.41) is 14.6. The van der Waals surface area contributed by atoms with Crippen LogP contribution in [0.3, 0.4) is 0 Å². The first-order chi connectivity index (χ1) is 9.65. The highest BCUT2D eigenvalue weighted by Crippen LogP contribution is 2.15. The van der Waals surface area contributed by atoms with Crippen LogP contribution in [0.15, 0.2) is 36.5 Å². The number of aromatic nitrogens is 2.